The monoisotopic (exact) mass is 826 g/mol. The molecule has 2 saturated carbocycles. The molecule has 0 unspecified atom stereocenters. The van der Waals surface area contributed by atoms with Gasteiger partial charge in [-0.2, -0.15) is 5.10 Å². The number of hydrogen-bond donors (Lipinski definition) is 5. The Kier molecular flexibility index (Phi) is 12.3. The SMILES string of the molecule is O=C(NNC(=O)[C@@]12C[C@H]1/C=C\CCCC[C@H](NC(=O)OC1CCCC1)C(=O)N1C[C@H](n3ncc(-c4ccccc4)c(-c4ccccc4)c3=O)C[C@H]1C(=O)N2)Nc1ccccc1. The molecule has 3 aromatic carbocycles. The van der Waals surface area contributed by atoms with Crippen molar-refractivity contribution >= 4 is 35.5 Å². The number of carbonyl (C=O) groups is 5. The Bertz CT molecular complexity index is 2330. The number of anilines is 1. The predicted molar refractivity (Wildman–Crippen MR) is 228 cm³/mol. The maximum atomic E-state index is 14.8. The zero-order valence-corrected chi connectivity index (χ0v) is 33.8. The van der Waals surface area contributed by atoms with E-state index in [1.807, 2.05) is 78.9 Å². The molecule has 3 fully saturated rings. The topological polar surface area (TPSA) is 193 Å². The molecule has 15 heteroatoms. The molecule has 1 aromatic heterocycles. The molecule has 8 rings (SSSR count). The zero-order valence-electron chi connectivity index (χ0n) is 33.8. The minimum absolute atomic E-state index is 0.00142. The first kappa shape index (κ1) is 41.0. The summed E-state index contributed by atoms with van der Waals surface area (Å²) >= 11 is 0. The first-order chi connectivity index (χ1) is 29.7. The molecule has 4 aromatic rings. The van der Waals surface area contributed by atoms with Crippen LogP contribution in [0.2, 0.25) is 0 Å². The average Bonchev–Trinajstić information content (AvgIpc) is 3.54. The van der Waals surface area contributed by atoms with Gasteiger partial charge in [0.25, 0.3) is 11.5 Å². The fourth-order valence-corrected chi connectivity index (χ4v) is 8.79. The Morgan fingerprint density at radius 2 is 1.48 bits per heavy atom. The highest BCUT2D eigenvalue weighted by atomic mass is 16.6. The number of rotatable bonds is 7. The Labute approximate surface area is 353 Å². The number of hydrogen-bond acceptors (Lipinski definition) is 8. The van der Waals surface area contributed by atoms with Gasteiger partial charge in [0.05, 0.1) is 17.8 Å². The highest BCUT2D eigenvalue weighted by Crippen LogP contribution is 2.45. The van der Waals surface area contributed by atoms with Crippen LogP contribution in [0, 0.1) is 5.92 Å². The highest BCUT2D eigenvalue weighted by molar-refractivity contribution is 5.99. The third kappa shape index (κ3) is 9.20. The number of carbonyl (C=O) groups excluding carboxylic acids is 5. The van der Waals surface area contributed by atoms with Crippen LogP contribution in [0.5, 0.6) is 0 Å². The number of amides is 6. The minimum atomic E-state index is -1.43. The smallest absolute Gasteiger partial charge is 0.408 e. The summed E-state index contributed by atoms with van der Waals surface area (Å²) in [5, 5.41) is 13.1. The molecule has 316 valence electrons. The molecule has 1 saturated heterocycles. The van der Waals surface area contributed by atoms with Crippen molar-refractivity contribution in [2.75, 3.05) is 11.9 Å². The van der Waals surface area contributed by atoms with Crippen molar-refractivity contribution < 1.29 is 28.7 Å². The number of alkyl carbamates (subject to hydrolysis) is 1. The quantitative estimate of drug-likeness (QED) is 0.117. The molecule has 4 aliphatic rings. The first-order valence-corrected chi connectivity index (χ1v) is 21.1. The molecule has 2 aliphatic carbocycles. The van der Waals surface area contributed by atoms with Crippen molar-refractivity contribution in [1.82, 2.24) is 36.2 Å². The summed E-state index contributed by atoms with van der Waals surface area (Å²) in [6.45, 7) is -0.0671. The van der Waals surface area contributed by atoms with Gasteiger partial charge >= 0.3 is 12.1 Å². The Balaban J connectivity index is 1.10. The second-order valence-corrected chi connectivity index (χ2v) is 16.2. The van der Waals surface area contributed by atoms with Crippen LogP contribution in [-0.4, -0.2) is 74.8 Å². The number of fused-ring (bicyclic) bond motifs is 2. The van der Waals surface area contributed by atoms with Gasteiger partial charge in [-0.05, 0) is 74.6 Å². The zero-order chi connectivity index (χ0) is 42.3. The second-order valence-electron chi connectivity index (χ2n) is 16.2. The normalized spacial score (nSPS) is 24.6. The molecule has 0 bridgehead atoms. The molecule has 0 radical (unpaired) electrons. The summed E-state index contributed by atoms with van der Waals surface area (Å²) in [5.41, 5.74) is 6.10. The predicted octanol–water partition coefficient (Wildman–Crippen LogP) is 5.61. The van der Waals surface area contributed by atoms with Crippen LogP contribution in [0.25, 0.3) is 22.3 Å². The number of nitrogens with one attached hydrogen (secondary N) is 5. The maximum absolute atomic E-state index is 14.8. The summed E-state index contributed by atoms with van der Waals surface area (Å²) in [5.74, 6) is -2.13. The molecule has 0 spiro atoms. The van der Waals surface area contributed by atoms with E-state index in [9.17, 15) is 28.8 Å². The lowest BCUT2D eigenvalue weighted by atomic mass is 9.97. The largest absolute Gasteiger partial charge is 0.446 e. The lowest BCUT2D eigenvalue weighted by molar-refractivity contribution is -0.141. The molecule has 5 N–H and O–H groups in total. The van der Waals surface area contributed by atoms with E-state index in [0.29, 0.717) is 48.1 Å². The Hall–Kier alpha value is -6.77. The highest BCUT2D eigenvalue weighted by Gasteiger charge is 2.61. The molecular formula is C46H50N8O7. The fraction of sp³-hybridized carbons (Fsp3) is 0.370. The number of para-hydroxylation sites is 1. The van der Waals surface area contributed by atoms with Crippen molar-refractivity contribution in [2.24, 2.45) is 5.92 Å². The number of allylic oxidation sites excluding steroid dienone is 1. The number of urea groups is 1. The molecule has 3 heterocycles. The maximum Gasteiger partial charge on any atom is 0.408 e. The van der Waals surface area contributed by atoms with Crippen LogP contribution in [-0.2, 0) is 19.1 Å². The number of aromatic nitrogens is 2. The van der Waals surface area contributed by atoms with E-state index in [0.717, 1.165) is 31.2 Å². The van der Waals surface area contributed by atoms with Crippen LogP contribution in [0.1, 0.15) is 70.3 Å². The average molecular weight is 827 g/mol. The van der Waals surface area contributed by atoms with Gasteiger partial charge in [0.15, 0.2) is 0 Å². The van der Waals surface area contributed by atoms with E-state index in [4.69, 9.17) is 4.74 Å². The molecular weight excluding hydrogens is 777 g/mol. The van der Waals surface area contributed by atoms with E-state index in [1.165, 1.54) is 9.58 Å². The molecule has 6 amide bonds. The molecule has 15 nitrogen and oxygen atoms in total. The second kappa shape index (κ2) is 18.2. The Morgan fingerprint density at radius 3 is 2.20 bits per heavy atom. The van der Waals surface area contributed by atoms with Crippen molar-refractivity contribution in [3.05, 3.63) is 120 Å². The van der Waals surface area contributed by atoms with Gasteiger partial charge in [-0.25, -0.2) is 19.7 Å². The number of ether oxygens (including phenoxy) is 1. The van der Waals surface area contributed by atoms with Gasteiger partial charge < -0.3 is 25.6 Å². The van der Waals surface area contributed by atoms with Crippen LogP contribution in [0.3, 0.4) is 0 Å². The van der Waals surface area contributed by atoms with Crippen molar-refractivity contribution in [2.45, 2.75) is 94.0 Å². The number of hydrazine groups is 1. The van der Waals surface area contributed by atoms with Gasteiger partial charge in [-0.1, -0.05) is 97.4 Å². The summed E-state index contributed by atoms with van der Waals surface area (Å²) in [4.78, 5) is 85.4. The van der Waals surface area contributed by atoms with Crippen LogP contribution < -0.4 is 32.4 Å². The van der Waals surface area contributed by atoms with Gasteiger partial charge in [0.2, 0.25) is 11.8 Å². The number of nitrogens with zero attached hydrogens (tertiary/aromatic N) is 3. The van der Waals surface area contributed by atoms with Crippen LogP contribution in [0.15, 0.2) is 114 Å². The third-order valence-corrected chi connectivity index (χ3v) is 12.1. The van der Waals surface area contributed by atoms with Gasteiger partial charge in [0.1, 0.15) is 23.7 Å². The minimum Gasteiger partial charge on any atom is -0.446 e. The van der Waals surface area contributed by atoms with Crippen molar-refractivity contribution in [3.8, 4) is 22.3 Å². The Morgan fingerprint density at radius 1 is 0.803 bits per heavy atom. The van der Waals surface area contributed by atoms with Gasteiger partial charge in [0, 0.05) is 30.1 Å². The summed E-state index contributed by atoms with van der Waals surface area (Å²) in [7, 11) is 0. The first-order valence-electron chi connectivity index (χ1n) is 21.1. The lowest BCUT2D eigenvalue weighted by Gasteiger charge is -2.30. The van der Waals surface area contributed by atoms with Crippen molar-refractivity contribution in [3.63, 3.8) is 0 Å². The van der Waals surface area contributed by atoms with Crippen LogP contribution >= 0.6 is 0 Å². The van der Waals surface area contributed by atoms with Gasteiger partial charge in [-0.15, -0.1) is 0 Å². The van der Waals surface area contributed by atoms with Gasteiger partial charge in [-0.3, -0.25) is 24.6 Å². The molecule has 5 atom stereocenters. The van der Waals surface area contributed by atoms with E-state index < -0.39 is 59.1 Å². The van der Waals surface area contributed by atoms with E-state index in [1.54, 1.807) is 30.5 Å². The number of benzene rings is 3. The third-order valence-electron chi connectivity index (χ3n) is 12.1. The van der Waals surface area contributed by atoms with Crippen molar-refractivity contribution in [1.29, 1.82) is 0 Å². The van der Waals surface area contributed by atoms with E-state index in [-0.39, 0.29) is 31.4 Å². The fourth-order valence-electron chi connectivity index (χ4n) is 8.79. The summed E-state index contributed by atoms with van der Waals surface area (Å²) in [6.07, 6.45) is 10.5. The van der Waals surface area contributed by atoms with E-state index in [2.05, 4.69) is 31.9 Å². The molecule has 61 heavy (non-hydrogen) atoms. The molecule has 2 aliphatic heterocycles. The summed E-state index contributed by atoms with van der Waals surface area (Å²) < 4.78 is 7.04. The lowest BCUT2D eigenvalue weighted by Crippen LogP contribution is -2.59. The van der Waals surface area contributed by atoms with Crippen LogP contribution in [0.4, 0.5) is 15.3 Å². The standard InChI is InChI=1S/C46H50N8O7/c55-40-38-26-34(54-42(57)39(31-18-8-4-9-19-31)36(28-47-54)30-16-6-3-7-17-30)29-53(38)41(56)37(49-45(60)61-35-23-14-15-24-35)25-13-2-1-10-20-32-27-46(32,50-40)43(58)51-52-44(59)48-33-21-11-5-12-22-33/h3-12,16-22,28,32,34-35,37-38H,1-2,13-15,23-27,29H2,(H,49,60)(H,50,55)(H,51,58)(H2,48,52,59)/b20-10-/t32-,34-,37+,38+,46-/m1/s1. The van der Waals surface area contributed by atoms with E-state index >= 15 is 0 Å². The summed E-state index contributed by atoms with van der Waals surface area (Å²) in [6, 6.07) is 23.9.